The van der Waals surface area contributed by atoms with Crippen LogP contribution in [0.25, 0.3) is 16.5 Å². The third kappa shape index (κ3) is 3.49. The second-order valence-electron chi connectivity index (χ2n) is 6.91. The van der Waals surface area contributed by atoms with Crippen molar-refractivity contribution in [3.8, 4) is 11.8 Å². The van der Waals surface area contributed by atoms with Crippen molar-refractivity contribution in [2.45, 2.75) is 19.4 Å². The van der Waals surface area contributed by atoms with Crippen molar-refractivity contribution >= 4 is 22.4 Å². The number of aromatic nitrogens is 1. The summed E-state index contributed by atoms with van der Waals surface area (Å²) in [6.07, 6.45) is 4.42. The van der Waals surface area contributed by atoms with Crippen molar-refractivity contribution in [2.75, 3.05) is 13.1 Å². The summed E-state index contributed by atoms with van der Waals surface area (Å²) < 4.78 is 5.76. The van der Waals surface area contributed by atoms with E-state index in [9.17, 15) is 4.79 Å². The lowest BCUT2D eigenvalue weighted by atomic mass is 9.99. The number of H-pyrrole nitrogens is 1. The lowest BCUT2D eigenvalue weighted by Gasteiger charge is -2.29. The summed E-state index contributed by atoms with van der Waals surface area (Å²) >= 11 is 0. The van der Waals surface area contributed by atoms with Gasteiger partial charge in [-0.3, -0.25) is 4.79 Å². The van der Waals surface area contributed by atoms with Crippen molar-refractivity contribution < 1.29 is 9.53 Å². The minimum absolute atomic E-state index is 0.0291. The highest BCUT2D eigenvalue weighted by Crippen LogP contribution is 2.29. The number of amides is 1. The molecule has 2 heterocycles. The lowest BCUT2D eigenvalue weighted by molar-refractivity contribution is -0.137. The number of carbonyl (C=O) groups excluding carboxylic acids is 1. The number of fused-ring (bicyclic) bond motifs is 1. The van der Waals surface area contributed by atoms with E-state index in [1.54, 1.807) is 31.2 Å². The smallest absolute Gasteiger partial charge is 0.263 e. The summed E-state index contributed by atoms with van der Waals surface area (Å²) in [7, 11) is 0. The number of nitrogens with zero attached hydrogens (tertiary/aromatic N) is 2. The Hall–Kier alpha value is -3.52. The number of hydrogen-bond acceptors (Lipinski definition) is 3. The van der Waals surface area contributed by atoms with E-state index in [1.165, 1.54) is 16.5 Å². The molecule has 0 saturated carbocycles. The molecule has 1 aromatic heterocycles. The first-order valence-corrected chi connectivity index (χ1v) is 9.37. The number of ether oxygens (including phenoxy) is 1. The summed E-state index contributed by atoms with van der Waals surface area (Å²) in [4.78, 5) is 17.9. The Balaban J connectivity index is 1.42. The first-order valence-electron chi connectivity index (χ1n) is 9.37. The molecule has 1 N–H and O–H groups in total. The number of benzene rings is 2. The van der Waals surface area contributed by atoms with E-state index in [4.69, 9.17) is 10.00 Å². The Bertz CT molecular complexity index is 1070. The van der Waals surface area contributed by atoms with Crippen LogP contribution in [0.15, 0.2) is 60.8 Å². The largest absolute Gasteiger partial charge is 0.481 e. The summed E-state index contributed by atoms with van der Waals surface area (Å²) in [5, 5.41) is 10.1. The molecular weight excluding hydrogens is 350 g/mol. The van der Waals surface area contributed by atoms with Crippen LogP contribution in [-0.2, 0) is 4.79 Å². The van der Waals surface area contributed by atoms with Crippen LogP contribution in [-0.4, -0.2) is 35.0 Å². The quantitative estimate of drug-likeness (QED) is 0.750. The molecule has 0 unspecified atom stereocenters. The van der Waals surface area contributed by atoms with Gasteiger partial charge in [0.15, 0.2) is 6.10 Å². The molecule has 2 aromatic carbocycles. The van der Waals surface area contributed by atoms with E-state index >= 15 is 0 Å². The highest BCUT2D eigenvalue weighted by molar-refractivity contribution is 5.93. The molecule has 0 bridgehead atoms. The number of nitriles is 1. The van der Waals surface area contributed by atoms with Gasteiger partial charge in [-0.15, -0.1) is 0 Å². The van der Waals surface area contributed by atoms with Crippen molar-refractivity contribution in [2.24, 2.45) is 0 Å². The van der Waals surface area contributed by atoms with Gasteiger partial charge < -0.3 is 14.6 Å². The standard InChI is InChI=1S/C23H21N3O2/c1-16(28-19-8-6-17(14-24)7-9-19)23(27)26-12-10-18(11-13-26)21-15-25-22-5-3-2-4-20(21)22/h2-10,15-16,25H,11-13H2,1H3/t16-/m0/s1. The highest BCUT2D eigenvalue weighted by Gasteiger charge is 2.24. The van der Waals surface area contributed by atoms with Gasteiger partial charge in [-0.2, -0.15) is 5.26 Å². The van der Waals surface area contributed by atoms with Gasteiger partial charge in [0.25, 0.3) is 5.91 Å². The van der Waals surface area contributed by atoms with Crippen LogP contribution in [0.1, 0.15) is 24.5 Å². The number of nitrogens with one attached hydrogen (secondary N) is 1. The van der Waals surface area contributed by atoms with Crippen LogP contribution in [0.4, 0.5) is 0 Å². The fraction of sp³-hybridized carbons (Fsp3) is 0.217. The second-order valence-corrected chi connectivity index (χ2v) is 6.91. The van der Waals surface area contributed by atoms with E-state index in [2.05, 4.69) is 29.3 Å². The van der Waals surface area contributed by atoms with Crippen LogP contribution < -0.4 is 4.74 Å². The zero-order chi connectivity index (χ0) is 19.5. The van der Waals surface area contributed by atoms with Gasteiger partial charge in [-0.25, -0.2) is 0 Å². The average Bonchev–Trinajstić information content (AvgIpc) is 3.18. The number of carbonyl (C=O) groups is 1. The molecule has 4 rings (SSSR count). The third-order valence-corrected chi connectivity index (χ3v) is 5.10. The number of rotatable bonds is 4. The molecule has 3 aromatic rings. The predicted octanol–water partition coefficient (Wildman–Crippen LogP) is 4.12. The lowest BCUT2D eigenvalue weighted by Crippen LogP contribution is -2.42. The summed E-state index contributed by atoms with van der Waals surface area (Å²) in [5.41, 5.74) is 4.17. The average molecular weight is 371 g/mol. The molecule has 0 aliphatic carbocycles. The minimum Gasteiger partial charge on any atom is -0.481 e. The van der Waals surface area contributed by atoms with Crippen LogP contribution in [0.2, 0.25) is 0 Å². The van der Waals surface area contributed by atoms with Crippen LogP contribution in [0.3, 0.4) is 0 Å². The minimum atomic E-state index is -0.573. The summed E-state index contributed by atoms with van der Waals surface area (Å²) in [6.45, 7) is 3.01. The Morgan fingerprint density at radius 3 is 2.71 bits per heavy atom. The molecule has 28 heavy (non-hydrogen) atoms. The van der Waals surface area contributed by atoms with E-state index in [1.807, 2.05) is 23.2 Å². The highest BCUT2D eigenvalue weighted by atomic mass is 16.5. The zero-order valence-corrected chi connectivity index (χ0v) is 15.7. The molecule has 1 aliphatic rings. The second kappa shape index (κ2) is 7.61. The zero-order valence-electron chi connectivity index (χ0n) is 15.7. The maximum absolute atomic E-state index is 12.7. The first kappa shape index (κ1) is 17.9. The van der Waals surface area contributed by atoms with Crippen molar-refractivity contribution in [1.82, 2.24) is 9.88 Å². The first-order chi connectivity index (χ1) is 13.7. The molecule has 1 atom stereocenters. The molecular formula is C23H21N3O2. The molecule has 0 spiro atoms. The number of hydrogen-bond donors (Lipinski definition) is 1. The van der Waals surface area contributed by atoms with E-state index in [-0.39, 0.29) is 5.91 Å². The van der Waals surface area contributed by atoms with Gasteiger partial charge in [0.1, 0.15) is 5.75 Å². The SMILES string of the molecule is C[C@H](Oc1ccc(C#N)cc1)C(=O)N1CC=C(c2c[nH]c3ccccc23)CC1. The van der Waals surface area contributed by atoms with Gasteiger partial charge in [-0.1, -0.05) is 24.3 Å². The number of para-hydroxylation sites is 1. The Morgan fingerprint density at radius 2 is 2.00 bits per heavy atom. The van der Waals surface area contributed by atoms with Gasteiger partial charge in [-0.05, 0) is 49.2 Å². The molecule has 140 valence electrons. The fourth-order valence-electron chi connectivity index (χ4n) is 3.57. The molecule has 5 heteroatoms. The van der Waals surface area contributed by atoms with Crippen LogP contribution in [0.5, 0.6) is 5.75 Å². The van der Waals surface area contributed by atoms with Gasteiger partial charge in [0.05, 0.1) is 11.6 Å². The Morgan fingerprint density at radius 1 is 1.21 bits per heavy atom. The summed E-state index contributed by atoms with van der Waals surface area (Å²) in [5.74, 6) is 0.561. The van der Waals surface area contributed by atoms with Crippen LogP contribution in [0, 0.1) is 11.3 Å². The van der Waals surface area contributed by atoms with Gasteiger partial charge in [0.2, 0.25) is 0 Å². The maximum Gasteiger partial charge on any atom is 0.263 e. The topological polar surface area (TPSA) is 69.1 Å². The van der Waals surface area contributed by atoms with Crippen molar-refractivity contribution in [1.29, 1.82) is 5.26 Å². The monoisotopic (exact) mass is 371 g/mol. The van der Waals surface area contributed by atoms with Gasteiger partial charge >= 0.3 is 0 Å². The molecule has 0 radical (unpaired) electrons. The molecule has 1 aliphatic heterocycles. The maximum atomic E-state index is 12.7. The van der Waals surface area contributed by atoms with Crippen LogP contribution >= 0.6 is 0 Å². The number of aromatic amines is 1. The Labute approximate surface area is 163 Å². The summed E-state index contributed by atoms with van der Waals surface area (Å²) in [6, 6.07) is 17.1. The van der Waals surface area contributed by atoms with Crippen molar-refractivity contribution in [3.05, 3.63) is 71.9 Å². The van der Waals surface area contributed by atoms with Crippen molar-refractivity contribution in [3.63, 3.8) is 0 Å². The van der Waals surface area contributed by atoms with E-state index < -0.39 is 6.10 Å². The van der Waals surface area contributed by atoms with Gasteiger partial charge in [0, 0.05) is 35.8 Å². The van der Waals surface area contributed by atoms with E-state index in [0.717, 1.165) is 11.9 Å². The predicted molar refractivity (Wildman–Crippen MR) is 109 cm³/mol. The van der Waals surface area contributed by atoms with E-state index in [0.29, 0.717) is 24.4 Å². The Kier molecular flexibility index (Phi) is 4.86. The molecule has 1 amide bonds. The molecule has 0 fully saturated rings. The fourth-order valence-corrected chi connectivity index (χ4v) is 3.57. The third-order valence-electron chi connectivity index (χ3n) is 5.10. The molecule has 0 saturated heterocycles. The molecule has 5 nitrogen and oxygen atoms in total. The normalized spacial score (nSPS) is 15.0.